The van der Waals surface area contributed by atoms with Gasteiger partial charge >= 0.3 is 6.18 Å². The van der Waals surface area contributed by atoms with Gasteiger partial charge in [0.15, 0.2) is 0 Å². The molecule has 188 valence electrons. The van der Waals surface area contributed by atoms with E-state index in [-0.39, 0.29) is 25.1 Å². The van der Waals surface area contributed by atoms with Crippen molar-refractivity contribution >= 4 is 16.8 Å². The number of aryl methyl sites for hydroxylation is 2. The number of pyridine rings is 1. The van der Waals surface area contributed by atoms with Crippen LogP contribution in [-0.2, 0) is 28.7 Å². The van der Waals surface area contributed by atoms with Crippen LogP contribution in [0.2, 0.25) is 0 Å². The van der Waals surface area contributed by atoms with Gasteiger partial charge in [-0.3, -0.25) is 9.78 Å². The van der Waals surface area contributed by atoms with Gasteiger partial charge in [-0.25, -0.2) is 0 Å². The zero-order valence-electron chi connectivity index (χ0n) is 19.7. The van der Waals surface area contributed by atoms with E-state index in [1.54, 1.807) is 6.07 Å². The summed E-state index contributed by atoms with van der Waals surface area (Å²) in [6.45, 7) is 5.46. The van der Waals surface area contributed by atoms with Crippen LogP contribution in [0, 0.1) is 0 Å². The number of morpholine rings is 1. The van der Waals surface area contributed by atoms with Crippen molar-refractivity contribution in [3.05, 3.63) is 29.2 Å². The molecule has 34 heavy (non-hydrogen) atoms. The summed E-state index contributed by atoms with van der Waals surface area (Å²) in [6, 6.07) is 2.59. The molecule has 2 fully saturated rings. The van der Waals surface area contributed by atoms with Gasteiger partial charge in [-0.05, 0) is 51.2 Å². The van der Waals surface area contributed by atoms with E-state index in [2.05, 4.69) is 5.32 Å². The first kappa shape index (κ1) is 24.9. The van der Waals surface area contributed by atoms with E-state index in [1.807, 2.05) is 18.7 Å². The van der Waals surface area contributed by atoms with E-state index in [9.17, 15) is 18.0 Å². The lowest BCUT2D eigenvalue weighted by Gasteiger charge is -2.34. The minimum Gasteiger partial charge on any atom is -0.396 e. The lowest BCUT2D eigenvalue weighted by atomic mass is 10.1. The minimum atomic E-state index is -4.50. The highest BCUT2D eigenvalue weighted by Gasteiger charge is 2.41. The monoisotopic (exact) mass is 482 g/mol. The van der Waals surface area contributed by atoms with Crippen molar-refractivity contribution in [2.75, 3.05) is 26.3 Å². The fourth-order valence-electron chi connectivity index (χ4n) is 4.75. The van der Waals surface area contributed by atoms with Crippen LogP contribution < -0.4 is 5.32 Å². The molecule has 1 amide bonds. The molecule has 0 aromatic carbocycles. The van der Waals surface area contributed by atoms with Crippen molar-refractivity contribution in [1.82, 2.24) is 19.8 Å². The maximum absolute atomic E-state index is 13.9. The smallest absolute Gasteiger partial charge is 0.396 e. The van der Waals surface area contributed by atoms with Gasteiger partial charge in [0.05, 0.1) is 23.9 Å². The zero-order chi connectivity index (χ0) is 24.5. The van der Waals surface area contributed by atoms with Gasteiger partial charge in [-0.1, -0.05) is 6.92 Å². The molecule has 1 aliphatic carbocycles. The maximum Gasteiger partial charge on any atom is 0.431 e. The van der Waals surface area contributed by atoms with Crippen molar-refractivity contribution in [1.29, 1.82) is 0 Å². The molecule has 2 aliphatic rings. The van der Waals surface area contributed by atoms with Gasteiger partial charge in [0, 0.05) is 43.4 Å². The van der Waals surface area contributed by atoms with E-state index in [0.29, 0.717) is 61.2 Å². The first-order valence-electron chi connectivity index (χ1n) is 12.1. The number of carbonyl (C=O) groups excluding carboxylic acids is 1. The normalized spacial score (nSPS) is 20.0. The molecule has 0 radical (unpaired) electrons. The number of alkyl halides is 3. The van der Waals surface area contributed by atoms with Crippen molar-refractivity contribution in [3.8, 4) is 0 Å². The number of rotatable bonds is 9. The quantitative estimate of drug-likeness (QED) is 0.536. The zero-order valence-corrected chi connectivity index (χ0v) is 19.7. The van der Waals surface area contributed by atoms with Gasteiger partial charge in [0.2, 0.25) is 0 Å². The van der Waals surface area contributed by atoms with E-state index >= 15 is 0 Å². The van der Waals surface area contributed by atoms with Crippen LogP contribution in [0.4, 0.5) is 13.2 Å². The van der Waals surface area contributed by atoms with E-state index in [1.165, 1.54) is 10.6 Å². The molecule has 0 spiro atoms. The van der Waals surface area contributed by atoms with Crippen molar-refractivity contribution in [2.45, 2.75) is 76.9 Å². The summed E-state index contributed by atoms with van der Waals surface area (Å²) >= 11 is 0. The molecule has 7 nitrogen and oxygen atoms in total. The molecule has 0 unspecified atom stereocenters. The van der Waals surface area contributed by atoms with E-state index < -0.39 is 24.0 Å². The standard InChI is InChI=1S/C24H33F3N4O3/c1-3-18-17-12-22(24(25,26)27)30(9-4-5-10-32)20(17)13-19(29-18)15(2)31(16-6-7-16)23(33)21-14-28-8-11-34-21/h12-13,15-16,21,28,32H,3-11,14H2,1-2H3/t15-,21-/m1/s1. The Balaban J connectivity index is 1.75. The number of carbonyl (C=O) groups is 1. The number of hydrogen-bond acceptors (Lipinski definition) is 5. The second-order valence-electron chi connectivity index (χ2n) is 9.11. The van der Waals surface area contributed by atoms with Crippen LogP contribution in [0.3, 0.4) is 0 Å². The van der Waals surface area contributed by atoms with Crippen LogP contribution in [-0.4, -0.2) is 63.9 Å². The summed E-state index contributed by atoms with van der Waals surface area (Å²) < 4.78 is 48.6. The molecule has 1 aliphatic heterocycles. The Morgan fingerprint density at radius 2 is 2.12 bits per heavy atom. The van der Waals surface area contributed by atoms with Crippen LogP contribution in [0.25, 0.3) is 10.9 Å². The third-order valence-electron chi connectivity index (χ3n) is 6.66. The number of aliphatic hydroxyl groups is 1. The summed E-state index contributed by atoms with van der Waals surface area (Å²) in [6.07, 6.45) is -1.95. The maximum atomic E-state index is 13.9. The Morgan fingerprint density at radius 1 is 1.35 bits per heavy atom. The second kappa shape index (κ2) is 10.2. The summed E-state index contributed by atoms with van der Waals surface area (Å²) in [4.78, 5) is 19.9. The van der Waals surface area contributed by atoms with Crippen molar-refractivity contribution < 1.29 is 27.8 Å². The summed E-state index contributed by atoms with van der Waals surface area (Å²) in [5.41, 5.74) is 0.935. The van der Waals surface area contributed by atoms with Crippen LogP contribution in [0.1, 0.15) is 62.7 Å². The first-order chi connectivity index (χ1) is 16.3. The van der Waals surface area contributed by atoms with E-state index in [4.69, 9.17) is 14.8 Å². The molecule has 1 saturated carbocycles. The van der Waals surface area contributed by atoms with Gasteiger partial charge in [-0.2, -0.15) is 13.2 Å². The number of unbranched alkanes of at least 4 members (excludes halogenated alkanes) is 1. The highest BCUT2D eigenvalue weighted by Crippen LogP contribution is 2.39. The molecular formula is C24H33F3N4O3. The fraction of sp³-hybridized carbons (Fsp3) is 0.667. The van der Waals surface area contributed by atoms with Gasteiger partial charge in [0.25, 0.3) is 5.91 Å². The van der Waals surface area contributed by atoms with Gasteiger partial charge in [-0.15, -0.1) is 0 Å². The molecule has 10 heteroatoms. The third kappa shape index (κ3) is 5.08. The second-order valence-corrected chi connectivity index (χ2v) is 9.11. The molecule has 0 bridgehead atoms. The topological polar surface area (TPSA) is 79.6 Å². The number of halogens is 3. The fourth-order valence-corrected chi connectivity index (χ4v) is 4.75. The SMILES string of the molecule is CCc1nc([C@@H](C)N(C(=O)[C@H]2CNCCO2)C2CC2)cc2c1cc(C(F)(F)F)n2CCCCO. The molecule has 3 heterocycles. The number of fused-ring (bicyclic) bond motifs is 1. The average molecular weight is 483 g/mol. The Kier molecular flexibility index (Phi) is 7.49. The lowest BCUT2D eigenvalue weighted by molar-refractivity contribution is -0.148. The number of aromatic nitrogens is 2. The number of amides is 1. The predicted octanol–water partition coefficient (Wildman–Crippen LogP) is 3.43. The third-order valence-corrected chi connectivity index (χ3v) is 6.66. The molecule has 4 rings (SSSR count). The number of hydrogen-bond donors (Lipinski definition) is 2. The predicted molar refractivity (Wildman–Crippen MR) is 121 cm³/mol. The number of aliphatic hydroxyl groups excluding tert-OH is 1. The Morgan fingerprint density at radius 3 is 2.71 bits per heavy atom. The molecule has 1 saturated heterocycles. The number of ether oxygens (including phenoxy) is 1. The largest absolute Gasteiger partial charge is 0.431 e. The molecule has 2 aromatic rings. The van der Waals surface area contributed by atoms with Crippen molar-refractivity contribution in [3.63, 3.8) is 0 Å². The average Bonchev–Trinajstić information content (AvgIpc) is 3.58. The van der Waals surface area contributed by atoms with E-state index in [0.717, 1.165) is 12.8 Å². The molecular weight excluding hydrogens is 449 g/mol. The minimum absolute atomic E-state index is 0.0683. The summed E-state index contributed by atoms with van der Waals surface area (Å²) in [5.74, 6) is -0.101. The van der Waals surface area contributed by atoms with Crippen LogP contribution in [0.5, 0.6) is 0 Å². The highest BCUT2D eigenvalue weighted by molar-refractivity contribution is 5.85. The Bertz CT molecular complexity index is 1010. The Hall–Kier alpha value is -2.17. The van der Waals surface area contributed by atoms with Gasteiger partial charge < -0.3 is 24.6 Å². The number of nitrogens with one attached hydrogen (secondary N) is 1. The Labute approximate surface area is 197 Å². The first-order valence-corrected chi connectivity index (χ1v) is 12.1. The highest BCUT2D eigenvalue weighted by atomic mass is 19.4. The van der Waals surface area contributed by atoms with Crippen LogP contribution in [0.15, 0.2) is 12.1 Å². The number of nitrogens with zero attached hydrogens (tertiary/aromatic N) is 3. The molecule has 2 aromatic heterocycles. The summed E-state index contributed by atoms with van der Waals surface area (Å²) in [5, 5.41) is 12.8. The molecule has 2 N–H and O–H groups in total. The lowest BCUT2D eigenvalue weighted by Crippen LogP contribution is -2.50. The van der Waals surface area contributed by atoms with Gasteiger partial charge in [0.1, 0.15) is 11.8 Å². The van der Waals surface area contributed by atoms with Crippen molar-refractivity contribution in [2.24, 2.45) is 0 Å². The molecule has 2 atom stereocenters. The van der Waals surface area contributed by atoms with Crippen LogP contribution >= 0.6 is 0 Å². The summed E-state index contributed by atoms with van der Waals surface area (Å²) in [7, 11) is 0.